The number of urea groups is 1. The van der Waals surface area contributed by atoms with Crippen molar-refractivity contribution < 1.29 is 24.2 Å². The van der Waals surface area contributed by atoms with Crippen LogP contribution in [0.25, 0.3) is 0 Å². The van der Waals surface area contributed by atoms with Crippen LogP contribution in [0.15, 0.2) is 0 Å². The van der Waals surface area contributed by atoms with Gasteiger partial charge in [-0.05, 0) is 5.92 Å². The normalized spacial score (nSPS) is 13.7. The smallest absolute Gasteiger partial charge is 0.314 e. The standard InChI is InChI=1S/C11H22N2O5/c1-8(7-17-2)5-12-11(16)13-6-9(18-3)4-10(14)15/h8-9H,4-7H2,1-3H3,(H,14,15)(H2,12,13,16). The van der Waals surface area contributed by atoms with E-state index in [1.807, 2.05) is 6.92 Å². The topological polar surface area (TPSA) is 96.9 Å². The predicted molar refractivity (Wildman–Crippen MR) is 65.5 cm³/mol. The van der Waals surface area contributed by atoms with Crippen molar-refractivity contribution in [2.75, 3.05) is 33.9 Å². The number of methoxy groups -OCH3 is 2. The number of carbonyl (C=O) groups excluding carboxylic acids is 1. The zero-order chi connectivity index (χ0) is 14.0. The molecular weight excluding hydrogens is 240 g/mol. The van der Waals surface area contributed by atoms with Gasteiger partial charge in [0.05, 0.1) is 19.1 Å². The SMILES string of the molecule is COCC(C)CNC(=O)NCC(CC(=O)O)OC. The first-order valence-electron chi connectivity index (χ1n) is 5.74. The van der Waals surface area contributed by atoms with Crippen molar-refractivity contribution >= 4 is 12.0 Å². The summed E-state index contributed by atoms with van der Waals surface area (Å²) >= 11 is 0. The van der Waals surface area contributed by atoms with Crippen LogP contribution < -0.4 is 10.6 Å². The summed E-state index contributed by atoms with van der Waals surface area (Å²) < 4.78 is 9.87. The Labute approximate surface area is 107 Å². The van der Waals surface area contributed by atoms with Gasteiger partial charge in [-0.25, -0.2) is 4.79 Å². The minimum absolute atomic E-state index is 0.142. The predicted octanol–water partition coefficient (Wildman–Crippen LogP) is 0.0578. The highest BCUT2D eigenvalue weighted by Gasteiger charge is 2.13. The second-order valence-corrected chi connectivity index (χ2v) is 4.11. The van der Waals surface area contributed by atoms with E-state index < -0.39 is 12.1 Å². The van der Waals surface area contributed by atoms with Crippen molar-refractivity contribution in [2.24, 2.45) is 5.92 Å². The van der Waals surface area contributed by atoms with Gasteiger partial charge in [0.15, 0.2) is 0 Å². The fourth-order valence-corrected chi connectivity index (χ4v) is 1.31. The van der Waals surface area contributed by atoms with Crippen molar-refractivity contribution in [2.45, 2.75) is 19.4 Å². The zero-order valence-corrected chi connectivity index (χ0v) is 11.1. The quantitative estimate of drug-likeness (QED) is 0.546. The lowest BCUT2D eigenvalue weighted by atomic mass is 10.2. The molecule has 2 amide bonds. The van der Waals surface area contributed by atoms with E-state index in [4.69, 9.17) is 14.6 Å². The average Bonchev–Trinajstić information content (AvgIpc) is 2.31. The number of rotatable bonds is 9. The molecule has 0 radical (unpaired) electrons. The molecule has 7 nitrogen and oxygen atoms in total. The number of hydrogen-bond donors (Lipinski definition) is 3. The summed E-state index contributed by atoms with van der Waals surface area (Å²) in [5, 5.41) is 13.8. The van der Waals surface area contributed by atoms with E-state index in [0.29, 0.717) is 13.2 Å². The number of nitrogens with one attached hydrogen (secondary N) is 2. The summed E-state index contributed by atoms with van der Waals surface area (Å²) in [6, 6.07) is -0.342. The fraction of sp³-hybridized carbons (Fsp3) is 0.818. The molecular formula is C11H22N2O5. The van der Waals surface area contributed by atoms with Crippen molar-refractivity contribution in [1.29, 1.82) is 0 Å². The molecule has 3 N–H and O–H groups in total. The number of ether oxygens (including phenoxy) is 2. The summed E-state index contributed by atoms with van der Waals surface area (Å²) in [5.74, 6) is -0.740. The van der Waals surface area contributed by atoms with E-state index in [-0.39, 0.29) is 24.9 Å². The van der Waals surface area contributed by atoms with Crippen molar-refractivity contribution in [1.82, 2.24) is 10.6 Å². The van der Waals surface area contributed by atoms with Crippen LogP contribution in [0.5, 0.6) is 0 Å². The molecule has 0 rings (SSSR count). The van der Waals surface area contributed by atoms with Gasteiger partial charge in [0.2, 0.25) is 0 Å². The summed E-state index contributed by atoms with van der Waals surface area (Å²) in [5.41, 5.74) is 0. The molecule has 0 bridgehead atoms. The Morgan fingerprint density at radius 3 is 2.33 bits per heavy atom. The van der Waals surface area contributed by atoms with Gasteiger partial charge >= 0.3 is 12.0 Å². The molecule has 0 spiro atoms. The minimum Gasteiger partial charge on any atom is -0.481 e. The van der Waals surface area contributed by atoms with Gasteiger partial charge in [-0.15, -0.1) is 0 Å². The monoisotopic (exact) mass is 262 g/mol. The Kier molecular flexibility index (Phi) is 8.95. The lowest BCUT2D eigenvalue weighted by Crippen LogP contribution is -2.42. The molecule has 0 aromatic heterocycles. The van der Waals surface area contributed by atoms with E-state index >= 15 is 0 Å². The van der Waals surface area contributed by atoms with Gasteiger partial charge in [-0.1, -0.05) is 6.92 Å². The number of hydrogen-bond acceptors (Lipinski definition) is 4. The van der Waals surface area contributed by atoms with Crippen LogP contribution in [0.1, 0.15) is 13.3 Å². The molecule has 106 valence electrons. The van der Waals surface area contributed by atoms with E-state index in [1.54, 1.807) is 7.11 Å². The Morgan fingerprint density at radius 1 is 1.22 bits per heavy atom. The van der Waals surface area contributed by atoms with Crippen molar-refractivity contribution in [3.8, 4) is 0 Å². The number of carboxylic acid groups (broad SMARTS) is 1. The Bertz CT molecular complexity index is 260. The molecule has 2 unspecified atom stereocenters. The molecule has 0 aromatic rings. The number of carbonyl (C=O) groups is 2. The van der Waals surface area contributed by atoms with Gasteiger partial charge in [0.25, 0.3) is 0 Å². The van der Waals surface area contributed by atoms with E-state index in [2.05, 4.69) is 10.6 Å². The van der Waals surface area contributed by atoms with Crippen LogP contribution >= 0.6 is 0 Å². The molecule has 0 aromatic carbocycles. The molecule has 0 heterocycles. The lowest BCUT2D eigenvalue weighted by Gasteiger charge is -2.15. The van der Waals surface area contributed by atoms with Gasteiger partial charge in [0.1, 0.15) is 0 Å². The van der Waals surface area contributed by atoms with Crippen LogP contribution in [-0.4, -0.2) is 57.1 Å². The van der Waals surface area contributed by atoms with Crippen molar-refractivity contribution in [3.63, 3.8) is 0 Å². The number of carboxylic acids is 1. The molecule has 18 heavy (non-hydrogen) atoms. The first kappa shape index (κ1) is 16.7. The Hall–Kier alpha value is -1.34. The van der Waals surface area contributed by atoms with Crippen molar-refractivity contribution in [3.05, 3.63) is 0 Å². The third-order valence-electron chi connectivity index (χ3n) is 2.29. The van der Waals surface area contributed by atoms with E-state index in [9.17, 15) is 9.59 Å². The first-order valence-corrected chi connectivity index (χ1v) is 5.74. The highest BCUT2D eigenvalue weighted by molar-refractivity contribution is 5.74. The van der Waals surface area contributed by atoms with Crippen LogP contribution in [-0.2, 0) is 14.3 Å². The van der Waals surface area contributed by atoms with E-state index in [0.717, 1.165) is 0 Å². The zero-order valence-electron chi connectivity index (χ0n) is 11.1. The van der Waals surface area contributed by atoms with Crippen LogP contribution in [0.3, 0.4) is 0 Å². The molecule has 0 aliphatic rings. The highest BCUT2D eigenvalue weighted by Crippen LogP contribution is 1.95. The van der Waals surface area contributed by atoms with Crippen LogP contribution in [0, 0.1) is 5.92 Å². The maximum Gasteiger partial charge on any atom is 0.314 e. The largest absolute Gasteiger partial charge is 0.481 e. The van der Waals surface area contributed by atoms with Crippen LogP contribution in [0.4, 0.5) is 4.79 Å². The molecule has 0 aliphatic carbocycles. The van der Waals surface area contributed by atoms with Gasteiger partial charge in [-0.3, -0.25) is 4.79 Å². The Morgan fingerprint density at radius 2 is 1.83 bits per heavy atom. The van der Waals surface area contributed by atoms with Crippen LogP contribution in [0.2, 0.25) is 0 Å². The van der Waals surface area contributed by atoms with E-state index in [1.165, 1.54) is 7.11 Å². The second kappa shape index (κ2) is 9.67. The fourth-order valence-electron chi connectivity index (χ4n) is 1.31. The number of aliphatic carboxylic acids is 1. The highest BCUT2D eigenvalue weighted by atomic mass is 16.5. The van der Waals surface area contributed by atoms with Gasteiger partial charge < -0.3 is 25.2 Å². The molecule has 2 atom stereocenters. The average molecular weight is 262 g/mol. The summed E-state index contributed by atoms with van der Waals surface area (Å²) in [7, 11) is 3.01. The summed E-state index contributed by atoms with van der Waals surface area (Å²) in [6.07, 6.45) is -0.665. The molecule has 0 fully saturated rings. The second-order valence-electron chi connectivity index (χ2n) is 4.11. The molecule has 0 saturated carbocycles. The molecule has 0 saturated heterocycles. The van der Waals surface area contributed by atoms with Gasteiger partial charge in [-0.2, -0.15) is 0 Å². The maximum atomic E-state index is 11.4. The number of amides is 2. The Balaban J connectivity index is 3.77. The van der Waals surface area contributed by atoms with Gasteiger partial charge in [0, 0.05) is 27.3 Å². The molecule has 7 heteroatoms. The first-order chi connectivity index (χ1) is 8.49. The summed E-state index contributed by atoms with van der Waals surface area (Å²) in [6.45, 7) is 3.18. The minimum atomic E-state index is -0.960. The maximum absolute atomic E-state index is 11.4. The third-order valence-corrected chi connectivity index (χ3v) is 2.29. The lowest BCUT2D eigenvalue weighted by molar-refractivity contribution is -0.139. The molecule has 0 aliphatic heterocycles. The summed E-state index contributed by atoms with van der Waals surface area (Å²) in [4.78, 5) is 21.9. The third kappa shape index (κ3) is 8.77.